The average Bonchev–Trinajstić information content (AvgIpc) is 1.64. The Morgan fingerprint density at radius 3 is 0.959 bits per heavy atom. The van der Waals surface area contributed by atoms with E-state index in [1.165, 1.54) is 56.0 Å². The lowest BCUT2D eigenvalue weighted by Gasteiger charge is -2.48. The maximum Gasteiger partial charge on any atom is 0.472 e. The molecule has 0 amide bonds. The van der Waals surface area contributed by atoms with Crippen molar-refractivity contribution in [3.05, 3.63) is 123 Å². The molecule has 30 atom stereocenters. The molecular weight excluding hydrogens is 2010 g/mol. The van der Waals surface area contributed by atoms with Crippen LogP contribution in [0.15, 0.2) is 72.8 Å². The summed E-state index contributed by atoms with van der Waals surface area (Å²) >= 11 is 5.09. The molecule has 4 aliphatic carbocycles. The highest BCUT2D eigenvalue weighted by atomic mass is 35.5. The van der Waals surface area contributed by atoms with Crippen LogP contribution in [0, 0.1) is 35.5 Å². The number of phosphoric acid groups is 2. The van der Waals surface area contributed by atoms with Gasteiger partial charge in [-0.25, -0.2) is 18.2 Å². The molecule has 0 spiro atoms. The molecule has 52 heteroatoms. The first-order chi connectivity index (χ1) is 69.3. The molecule has 6 aromatic carbocycles. The number of carbonyl (C=O) groups excluding carboxylic acids is 3. The van der Waals surface area contributed by atoms with Crippen molar-refractivity contribution in [3.63, 3.8) is 0 Å². The van der Waals surface area contributed by atoms with Gasteiger partial charge >= 0.3 is 27.6 Å². The van der Waals surface area contributed by atoms with Crippen molar-refractivity contribution >= 4 is 52.3 Å². The third-order valence-corrected chi connectivity index (χ3v) is 29.7. The number of carbonyl (C=O) groups is 3. The van der Waals surface area contributed by atoms with Crippen LogP contribution < -0.4 is 66.3 Å². The Hall–Kier alpha value is -9.09. The quantitative estimate of drug-likeness (QED) is 0.0135. The van der Waals surface area contributed by atoms with E-state index >= 15 is 0 Å². The topological polar surface area (TPSA) is 611 Å². The molecule has 15 aliphatic rings. The monoisotopic (exact) mass is 2120 g/mol. The molecule has 9 fully saturated rings. The molecule has 0 bridgehead atoms. The Balaban J connectivity index is 0.000000138. The number of ether oxygens (including phenoxy) is 28. The molecule has 8 saturated heterocycles. The smallest absolute Gasteiger partial charge is 0.472 e. The summed E-state index contributed by atoms with van der Waals surface area (Å²) in [6, 6.07) is 20.7. The second-order valence-corrected chi connectivity index (χ2v) is 42.0. The molecule has 11 aliphatic heterocycles. The van der Waals surface area contributed by atoms with Crippen LogP contribution in [-0.2, 0) is 108 Å². The number of methoxy groups -OCH3 is 6. The van der Waals surface area contributed by atoms with Gasteiger partial charge in [0.2, 0.25) is 51.2 Å². The zero-order valence-corrected chi connectivity index (χ0v) is 83.1. The number of ketones is 1. The summed E-state index contributed by atoms with van der Waals surface area (Å²) in [5.74, 6) is -2.59. The minimum absolute atomic E-state index is 0.0102. The fourth-order valence-corrected chi connectivity index (χ4v) is 22.7. The van der Waals surface area contributed by atoms with Crippen molar-refractivity contribution < 1.29 is 230 Å². The largest absolute Gasteiger partial charge is 0.502 e. The van der Waals surface area contributed by atoms with E-state index in [0.29, 0.717) is 80.7 Å². The van der Waals surface area contributed by atoms with Crippen molar-refractivity contribution in [2.75, 3.05) is 129 Å². The number of hydrogen-bond acceptors (Lipinski definition) is 44. The lowest BCUT2D eigenvalue weighted by molar-refractivity contribution is -0.364. The van der Waals surface area contributed by atoms with Crippen LogP contribution in [0.2, 0.25) is 0 Å². The van der Waals surface area contributed by atoms with Crippen LogP contribution >= 0.6 is 34.6 Å². The number of aliphatic hydroxyl groups excluding tert-OH is 6. The summed E-state index contributed by atoms with van der Waals surface area (Å²) in [5.41, 5.74) is 5.81. The SMILES string of the molecule is COc1cc([C@@H]2c3cc4c(cc3C(OC3O[C@@H]5COC(C)OC5C(O)C3O)[C@H]3CCC(=O)[C@H]23)OCO4)cc(OC)c1O.COc1cc([C@@H]2c3cc4c(cc3C(OC3O[C@@H]5COC(C)OC5C(O)C3O)[C@H]3COC(=O)[C@H]23)OCO4)cc(OC)c1OCOP(=O)(O)O.COc1cc([C@@H]2c3cc4c(cc3C(OC3O[C@@H]5COC(C)OC5C(O)C3O)[C@H]3COC(=O)[C@H]23)OCO4)cc(OC)c1OCOP(=O)(O)O.CP(C)(=O)OCCl. The molecule has 6 aromatic rings. The number of aliphatic hydroxyl groups is 6. The van der Waals surface area contributed by atoms with Gasteiger partial charge in [-0.3, -0.25) is 18.9 Å². The van der Waals surface area contributed by atoms with Crippen molar-refractivity contribution in [2.45, 2.75) is 181 Å². The van der Waals surface area contributed by atoms with Crippen molar-refractivity contribution in [1.82, 2.24) is 0 Å². The number of benzene rings is 6. The number of alkyl halides is 1. The molecule has 0 aromatic heterocycles. The van der Waals surface area contributed by atoms with Gasteiger partial charge in [-0.15, -0.1) is 0 Å². The molecule has 11 heterocycles. The molecule has 794 valence electrons. The Morgan fingerprint density at radius 1 is 0.372 bits per heavy atom. The number of fused-ring (bicyclic) bond motifs is 12. The molecule has 1 saturated carbocycles. The van der Waals surface area contributed by atoms with Gasteiger partial charge in [-0.2, -0.15) is 0 Å². The van der Waals surface area contributed by atoms with Crippen LogP contribution in [0.25, 0.3) is 0 Å². The second kappa shape index (κ2) is 43.5. The van der Waals surface area contributed by atoms with E-state index in [9.17, 15) is 63.8 Å². The summed E-state index contributed by atoms with van der Waals surface area (Å²) in [7, 11) is -3.55. The number of aromatic hydroxyl groups is 1. The van der Waals surface area contributed by atoms with Crippen molar-refractivity contribution in [3.8, 4) is 86.2 Å². The maximum absolute atomic E-state index is 13.6. The summed E-state index contributed by atoms with van der Waals surface area (Å²) in [6.07, 6.45) is -19.9. The standard InChI is InChI=1S/2C30H35O17P.C30H34O12.C3H8ClO2P/c2*1-12-39-9-21-28(45-12)24(31)25(32)30(46-21)47-26-15-7-18-17(41-10-42-18)6-14(15)22(23-16(26)8-40-29(23)33)13-4-19(37-2)27(20(5-13)38-3)43-11-44-48(34,35)36;1-12-37-10-22-29(40-12)26(33)27(34)30(41-22)42-28-14-4-5-17(31)24(14)23(13-6-20(35-2)25(32)21(7-13)36-3)15-8-18-19(9-16(15)28)39-11-38-18;1-7(2,5)6-3-4/h2*4-7,12,16,21-26,28,30-32H,8-11H2,1-3H3,(H2,34,35,36);6-9,12,14,22-24,26-30,32-34H,4-5,10-11H2,1-3H3;3H2,1-2H3/t2*12?,16-,21+,22+,23-,24?,25?,26?,28?,30?;12?,14-,22+,23+,24+,26?,27?,28?,29?,30?;/m000./s1. The normalized spacial score (nSPS) is 33.5. The molecule has 21 rings (SSSR count). The van der Waals surface area contributed by atoms with Gasteiger partial charge in [0.25, 0.3) is 0 Å². The fourth-order valence-electron chi connectivity index (χ4n) is 21.3. The van der Waals surface area contributed by atoms with Crippen molar-refractivity contribution in [2.24, 2.45) is 35.5 Å². The summed E-state index contributed by atoms with van der Waals surface area (Å²) < 4.78 is 207. The van der Waals surface area contributed by atoms with E-state index in [-0.39, 0.29) is 123 Å². The molecule has 11 N–H and O–H groups in total. The van der Waals surface area contributed by atoms with E-state index in [0.717, 1.165) is 16.7 Å². The van der Waals surface area contributed by atoms with E-state index in [2.05, 4.69) is 13.6 Å². The molecule has 0 radical (unpaired) electrons. The average molecular weight is 2130 g/mol. The molecule has 145 heavy (non-hydrogen) atoms. The van der Waals surface area contributed by atoms with Crippen LogP contribution in [0.3, 0.4) is 0 Å². The Labute approximate surface area is 832 Å². The number of hydrogen-bond donors (Lipinski definition) is 11. The highest BCUT2D eigenvalue weighted by molar-refractivity contribution is 7.57. The van der Waals surface area contributed by atoms with E-state index in [4.69, 9.17) is 164 Å². The molecular formula is C93H112ClO48P3. The molecule has 18 unspecified atom stereocenters. The van der Waals surface area contributed by atoms with Gasteiger partial charge in [0.15, 0.2) is 114 Å². The van der Waals surface area contributed by atoms with Gasteiger partial charge in [0.05, 0.1) is 106 Å². The zero-order valence-electron chi connectivity index (χ0n) is 79.7. The first kappa shape index (κ1) is 106. The first-order valence-electron chi connectivity index (χ1n) is 46.2. The van der Waals surface area contributed by atoms with Gasteiger partial charge in [0.1, 0.15) is 85.1 Å². The van der Waals surface area contributed by atoms with Crippen molar-refractivity contribution in [1.29, 1.82) is 0 Å². The number of phenolic OH excluding ortho intramolecular Hbond substituents is 1. The lowest BCUT2D eigenvalue weighted by Crippen LogP contribution is -2.63. The number of halogens is 1. The predicted octanol–water partition coefficient (Wildman–Crippen LogP) is 6.04. The third kappa shape index (κ3) is 21.5. The Kier molecular flexibility index (Phi) is 31.7. The van der Waals surface area contributed by atoms with E-state index in [1.54, 1.807) is 81.4 Å². The van der Waals surface area contributed by atoms with Crippen LogP contribution in [0.4, 0.5) is 0 Å². The lowest BCUT2D eigenvalue weighted by atomic mass is 9.66. The maximum atomic E-state index is 13.6. The number of rotatable bonds is 25. The predicted molar refractivity (Wildman–Crippen MR) is 483 cm³/mol. The fraction of sp³-hybridized carbons (Fsp3) is 0.581. The minimum Gasteiger partial charge on any atom is -0.502 e. The second-order valence-electron chi connectivity index (χ2n) is 36.6. The highest BCUT2D eigenvalue weighted by Gasteiger charge is 2.61. The number of phosphoric ester groups is 2. The Morgan fingerprint density at radius 2 is 0.669 bits per heavy atom. The molecule has 48 nitrogen and oxygen atoms in total. The first-order valence-corrected chi connectivity index (χ1v) is 52.3. The van der Waals surface area contributed by atoms with Crippen LogP contribution in [0.1, 0.15) is 120 Å². The van der Waals surface area contributed by atoms with Gasteiger partial charge in [0, 0.05) is 61.2 Å². The zero-order chi connectivity index (χ0) is 103. The Bertz CT molecular complexity index is 5570. The van der Waals surface area contributed by atoms with E-state index in [1.807, 2.05) is 12.1 Å². The summed E-state index contributed by atoms with van der Waals surface area (Å²) in [4.78, 5) is 77.0. The summed E-state index contributed by atoms with van der Waals surface area (Å²) in [6.45, 7) is 6.89. The van der Waals surface area contributed by atoms with Gasteiger partial charge < -0.3 is 192 Å². The number of esters is 2. The van der Waals surface area contributed by atoms with E-state index < -0.39 is 225 Å². The van der Waals surface area contributed by atoms with Gasteiger partial charge in [-0.1, -0.05) is 11.6 Å². The number of Topliss-reactive ketones (excluding diaryl/α,β-unsaturated/α-hetero) is 1. The highest BCUT2D eigenvalue weighted by Crippen LogP contribution is 2.63. The van der Waals surface area contributed by atoms with Gasteiger partial charge in [-0.05, 0) is 150 Å². The third-order valence-electron chi connectivity index (χ3n) is 27.8. The number of phenols is 1. The van der Waals surface area contributed by atoms with Crippen LogP contribution in [0.5, 0.6) is 86.2 Å². The summed E-state index contributed by atoms with van der Waals surface area (Å²) in [5, 5.41) is 76.7. The number of cyclic esters (lactones) is 2. The van der Waals surface area contributed by atoms with Crippen LogP contribution in [-0.4, -0.2) is 313 Å². The minimum atomic E-state index is -4.82.